The summed E-state index contributed by atoms with van der Waals surface area (Å²) in [6, 6.07) is 11.1. The van der Waals surface area contributed by atoms with Gasteiger partial charge in [-0.3, -0.25) is 4.79 Å². The fourth-order valence-electron chi connectivity index (χ4n) is 5.80. The van der Waals surface area contributed by atoms with Gasteiger partial charge in [-0.25, -0.2) is 8.42 Å². The standard InChI is InChI=1S/C35H48N6O4S/c1-9-12-24(6)32-33(36-8)39-35(40-34(32)37-28-13-10-11-14-31(28)46(43,44)23(4)5)38-29-19-25(7)27(20-30(29)45-22(2)3)26-15-17-41(21-42)18-16-26/h10-14,19-23,26H,9,15-18H2,1-8H3,(H3,36,37,38,39,40)/b24-12+. The number of para-hydroxylation sites is 1. The van der Waals surface area contributed by atoms with Gasteiger partial charge in [0.05, 0.1) is 33.2 Å². The minimum absolute atomic E-state index is 0.0670. The molecule has 2 heterocycles. The predicted molar refractivity (Wildman–Crippen MR) is 187 cm³/mol. The van der Waals surface area contributed by atoms with Gasteiger partial charge in [0, 0.05) is 20.1 Å². The second-order valence-corrected chi connectivity index (χ2v) is 14.8. The van der Waals surface area contributed by atoms with Crippen LogP contribution in [0.4, 0.5) is 29.0 Å². The van der Waals surface area contributed by atoms with Crippen LogP contribution in [0.3, 0.4) is 0 Å². The number of sulfone groups is 1. The SMILES string of the molecule is CC/C=C(\C)c1c(NC)nc(Nc2cc(C)c(C3CCN(C=O)CC3)cc2OC(C)C)nc1Nc1ccccc1S(=O)(=O)C(C)C. The third-order valence-electron chi connectivity index (χ3n) is 8.21. The van der Waals surface area contributed by atoms with Gasteiger partial charge in [-0.2, -0.15) is 9.97 Å². The Morgan fingerprint density at radius 3 is 2.33 bits per heavy atom. The van der Waals surface area contributed by atoms with Crippen molar-refractivity contribution in [3.05, 3.63) is 59.2 Å². The lowest BCUT2D eigenvalue weighted by Gasteiger charge is -2.31. The summed E-state index contributed by atoms with van der Waals surface area (Å²) in [5.41, 5.74) is 5.20. The van der Waals surface area contributed by atoms with Crippen molar-refractivity contribution in [2.24, 2.45) is 0 Å². The highest BCUT2D eigenvalue weighted by Crippen LogP contribution is 2.39. The number of hydrogen-bond donors (Lipinski definition) is 3. The summed E-state index contributed by atoms with van der Waals surface area (Å²) >= 11 is 0. The number of ether oxygens (including phenoxy) is 1. The fraction of sp³-hybridized carbons (Fsp3) is 0.457. The molecule has 0 unspecified atom stereocenters. The number of allylic oxidation sites excluding steroid dienone is 2. The summed E-state index contributed by atoms with van der Waals surface area (Å²) in [5, 5.41) is 9.39. The highest BCUT2D eigenvalue weighted by molar-refractivity contribution is 7.92. The second-order valence-electron chi connectivity index (χ2n) is 12.3. The molecule has 1 aliphatic rings. The summed E-state index contributed by atoms with van der Waals surface area (Å²) in [4.78, 5) is 23.1. The van der Waals surface area contributed by atoms with Crippen LogP contribution in [0.15, 0.2) is 47.4 Å². The van der Waals surface area contributed by atoms with Gasteiger partial charge in [0.1, 0.15) is 17.4 Å². The van der Waals surface area contributed by atoms with E-state index in [1.54, 1.807) is 45.2 Å². The summed E-state index contributed by atoms with van der Waals surface area (Å²) in [6.45, 7) is 15.0. The lowest BCUT2D eigenvalue weighted by molar-refractivity contribution is -0.119. The van der Waals surface area contributed by atoms with Crippen molar-refractivity contribution in [3.8, 4) is 5.75 Å². The quantitative estimate of drug-likeness (QED) is 0.162. The van der Waals surface area contributed by atoms with E-state index < -0.39 is 15.1 Å². The van der Waals surface area contributed by atoms with Crippen molar-refractivity contribution >= 4 is 50.8 Å². The molecular weight excluding hydrogens is 600 g/mol. The molecule has 0 saturated carbocycles. The molecule has 46 heavy (non-hydrogen) atoms. The van der Waals surface area contributed by atoms with Gasteiger partial charge < -0.3 is 25.6 Å². The maximum atomic E-state index is 13.3. The first-order chi connectivity index (χ1) is 21.9. The summed E-state index contributed by atoms with van der Waals surface area (Å²) in [5.74, 6) is 2.41. The Labute approximate surface area is 274 Å². The van der Waals surface area contributed by atoms with Crippen LogP contribution in [0.2, 0.25) is 0 Å². The molecule has 1 fully saturated rings. The lowest BCUT2D eigenvalue weighted by Crippen LogP contribution is -2.31. The normalized spacial score (nSPS) is 14.5. The largest absolute Gasteiger partial charge is 0.489 e. The summed E-state index contributed by atoms with van der Waals surface area (Å²) < 4.78 is 32.9. The number of nitrogens with one attached hydrogen (secondary N) is 3. The summed E-state index contributed by atoms with van der Waals surface area (Å²) in [6.07, 6.45) is 5.56. The van der Waals surface area contributed by atoms with Crippen LogP contribution < -0.4 is 20.7 Å². The maximum Gasteiger partial charge on any atom is 0.231 e. The maximum absolute atomic E-state index is 13.3. The Hall–Kier alpha value is -4.12. The summed E-state index contributed by atoms with van der Waals surface area (Å²) in [7, 11) is -1.77. The Balaban J connectivity index is 1.81. The topological polar surface area (TPSA) is 126 Å². The van der Waals surface area contributed by atoms with E-state index in [0.717, 1.165) is 61.1 Å². The van der Waals surface area contributed by atoms with Crippen molar-refractivity contribution < 1.29 is 17.9 Å². The number of benzene rings is 2. The van der Waals surface area contributed by atoms with E-state index in [0.29, 0.717) is 34.9 Å². The number of rotatable bonds is 13. The molecular formula is C35H48N6O4S. The van der Waals surface area contributed by atoms with Crippen LogP contribution in [-0.4, -0.2) is 61.2 Å². The predicted octanol–water partition coefficient (Wildman–Crippen LogP) is 7.43. The first kappa shape index (κ1) is 34.7. The van der Waals surface area contributed by atoms with Gasteiger partial charge in [0.25, 0.3) is 0 Å². The first-order valence-corrected chi connectivity index (χ1v) is 17.6. The molecule has 3 N–H and O–H groups in total. The van der Waals surface area contributed by atoms with Gasteiger partial charge in [0.2, 0.25) is 12.4 Å². The number of likely N-dealkylation sites (tertiary alicyclic amines) is 1. The van der Waals surface area contributed by atoms with Gasteiger partial charge in [-0.15, -0.1) is 0 Å². The minimum atomic E-state index is -3.57. The van der Waals surface area contributed by atoms with E-state index in [-0.39, 0.29) is 11.0 Å². The van der Waals surface area contributed by atoms with Crippen LogP contribution in [0, 0.1) is 6.92 Å². The monoisotopic (exact) mass is 648 g/mol. The zero-order chi connectivity index (χ0) is 33.6. The number of piperidine rings is 1. The van der Waals surface area contributed by atoms with Gasteiger partial charge >= 0.3 is 0 Å². The van der Waals surface area contributed by atoms with Gasteiger partial charge in [-0.1, -0.05) is 25.1 Å². The van der Waals surface area contributed by atoms with Crippen molar-refractivity contribution in [2.75, 3.05) is 36.1 Å². The fourth-order valence-corrected chi connectivity index (χ4v) is 7.00. The van der Waals surface area contributed by atoms with E-state index in [4.69, 9.17) is 14.7 Å². The van der Waals surface area contributed by atoms with Crippen LogP contribution in [0.5, 0.6) is 5.75 Å². The van der Waals surface area contributed by atoms with E-state index >= 15 is 0 Å². The molecule has 0 spiro atoms. The average Bonchev–Trinajstić information content (AvgIpc) is 3.02. The highest BCUT2D eigenvalue weighted by Gasteiger charge is 2.26. The number of nitrogens with zero attached hydrogens (tertiary/aromatic N) is 3. The molecule has 1 aliphatic heterocycles. The minimum Gasteiger partial charge on any atom is -0.489 e. The van der Waals surface area contributed by atoms with Crippen LogP contribution >= 0.6 is 0 Å². The second kappa shape index (κ2) is 15.0. The van der Waals surface area contributed by atoms with E-state index in [1.807, 2.05) is 25.7 Å². The molecule has 10 nitrogen and oxygen atoms in total. The van der Waals surface area contributed by atoms with Gasteiger partial charge in [0.15, 0.2) is 9.84 Å². The Morgan fingerprint density at radius 1 is 1.04 bits per heavy atom. The number of hydrogen-bond acceptors (Lipinski definition) is 9. The Kier molecular flexibility index (Phi) is 11.3. The van der Waals surface area contributed by atoms with E-state index in [2.05, 4.69) is 48.0 Å². The molecule has 11 heteroatoms. The molecule has 4 rings (SSSR count). The number of carbonyl (C=O) groups is 1. The lowest BCUT2D eigenvalue weighted by atomic mass is 9.86. The van der Waals surface area contributed by atoms with E-state index in [9.17, 15) is 13.2 Å². The van der Waals surface area contributed by atoms with Crippen molar-refractivity contribution in [2.45, 2.75) is 89.9 Å². The molecule has 0 radical (unpaired) electrons. The van der Waals surface area contributed by atoms with E-state index in [1.165, 1.54) is 5.56 Å². The molecule has 2 aromatic carbocycles. The average molecular weight is 649 g/mol. The smallest absolute Gasteiger partial charge is 0.231 e. The first-order valence-electron chi connectivity index (χ1n) is 16.0. The molecule has 0 bridgehead atoms. The molecule has 0 atom stereocenters. The van der Waals surface area contributed by atoms with Crippen molar-refractivity contribution in [3.63, 3.8) is 0 Å². The Morgan fingerprint density at radius 2 is 1.72 bits per heavy atom. The van der Waals surface area contributed by atoms with Crippen LogP contribution in [-0.2, 0) is 14.6 Å². The molecule has 0 aliphatic carbocycles. The van der Waals surface area contributed by atoms with Crippen molar-refractivity contribution in [1.29, 1.82) is 0 Å². The third-order valence-corrected chi connectivity index (χ3v) is 10.4. The zero-order valence-corrected chi connectivity index (χ0v) is 29.1. The van der Waals surface area contributed by atoms with Crippen LogP contribution in [0.1, 0.15) is 83.4 Å². The molecule has 1 aromatic heterocycles. The molecule has 3 aromatic rings. The number of aromatic nitrogens is 2. The number of amides is 1. The number of aryl methyl sites for hydroxylation is 1. The number of anilines is 5. The highest BCUT2D eigenvalue weighted by atomic mass is 32.2. The molecule has 248 valence electrons. The van der Waals surface area contributed by atoms with Crippen molar-refractivity contribution in [1.82, 2.24) is 14.9 Å². The number of carbonyl (C=O) groups excluding carboxylic acids is 1. The molecule has 1 saturated heterocycles. The van der Waals surface area contributed by atoms with Crippen LogP contribution in [0.25, 0.3) is 5.57 Å². The third kappa shape index (κ3) is 7.81. The molecule has 1 amide bonds. The van der Waals surface area contributed by atoms with Gasteiger partial charge in [-0.05, 0) is 108 Å². The Bertz CT molecular complexity index is 1680. The zero-order valence-electron chi connectivity index (χ0n) is 28.3.